The Labute approximate surface area is 139 Å². The van der Waals surface area contributed by atoms with Gasteiger partial charge in [-0.3, -0.25) is 0 Å². The molecule has 2 rings (SSSR count). The molecule has 0 aliphatic heterocycles. The average molecular weight is 331 g/mol. The van der Waals surface area contributed by atoms with Crippen molar-refractivity contribution in [2.24, 2.45) is 0 Å². The monoisotopic (exact) mass is 331 g/mol. The predicted molar refractivity (Wildman–Crippen MR) is 88.0 cm³/mol. The molecule has 0 spiro atoms. The molecule has 0 fully saturated rings. The van der Waals surface area contributed by atoms with Gasteiger partial charge in [0.05, 0.1) is 19.8 Å². The van der Waals surface area contributed by atoms with E-state index in [1.54, 1.807) is 18.2 Å². The zero-order valence-electron chi connectivity index (χ0n) is 12.8. The van der Waals surface area contributed by atoms with Gasteiger partial charge in [0.1, 0.15) is 6.04 Å². The molecule has 0 bridgehead atoms. The summed E-state index contributed by atoms with van der Waals surface area (Å²) < 4.78 is 12.7. The minimum Gasteiger partial charge on any atom is -0.468 e. The number of hydrogen-bond acceptors (Lipinski definition) is 6. The van der Waals surface area contributed by atoms with Crippen molar-refractivity contribution in [3.8, 4) is 0 Å². The molecule has 120 valence electrons. The molecule has 1 N–H and O–H groups in total. The van der Waals surface area contributed by atoms with Crippen LogP contribution in [0.5, 0.6) is 0 Å². The molecule has 0 aliphatic carbocycles. The molecule has 0 amide bonds. The molecule has 1 atom stereocenters. The number of carbonyl (C=O) groups excluding carboxylic acids is 2. The van der Waals surface area contributed by atoms with E-state index >= 15 is 0 Å². The Morgan fingerprint density at radius 2 is 1.61 bits per heavy atom. The molecule has 6 heteroatoms. The number of rotatable bonds is 6. The quantitative estimate of drug-likeness (QED) is 0.648. The lowest BCUT2D eigenvalue weighted by Crippen LogP contribution is -2.25. The summed E-state index contributed by atoms with van der Waals surface area (Å²) in [6.45, 7) is 0. The fourth-order valence-corrected chi connectivity index (χ4v) is 2.86. The molecule has 0 saturated heterocycles. The van der Waals surface area contributed by atoms with Crippen LogP contribution in [0.3, 0.4) is 0 Å². The fourth-order valence-electron chi connectivity index (χ4n) is 1.97. The van der Waals surface area contributed by atoms with E-state index in [1.807, 2.05) is 36.4 Å². The second kappa shape index (κ2) is 8.36. The maximum absolute atomic E-state index is 12.0. The number of carbonyl (C=O) groups is 2. The smallest absolute Gasteiger partial charge is 0.339 e. The van der Waals surface area contributed by atoms with Crippen LogP contribution >= 0.6 is 11.9 Å². The highest BCUT2D eigenvalue weighted by atomic mass is 32.2. The summed E-state index contributed by atoms with van der Waals surface area (Å²) in [6.07, 6.45) is 0. The van der Waals surface area contributed by atoms with Crippen LogP contribution in [0.2, 0.25) is 0 Å². The number of esters is 2. The molecule has 0 aromatic heterocycles. The standard InChI is InChI=1S/C17H17NO4S/c1-21-16(19)13-10-6-7-11-14(13)23-18-15(17(20)22-2)12-8-4-3-5-9-12/h3-11,15,18H,1-2H3/t15-/m0/s1. The zero-order valence-corrected chi connectivity index (χ0v) is 13.6. The van der Waals surface area contributed by atoms with Crippen LogP contribution in [0.15, 0.2) is 59.5 Å². The van der Waals surface area contributed by atoms with Crippen molar-refractivity contribution in [2.75, 3.05) is 14.2 Å². The van der Waals surface area contributed by atoms with Crippen LogP contribution in [0.4, 0.5) is 0 Å². The molecular weight excluding hydrogens is 314 g/mol. The first-order valence-electron chi connectivity index (χ1n) is 6.90. The highest BCUT2D eigenvalue weighted by Gasteiger charge is 2.22. The first-order valence-corrected chi connectivity index (χ1v) is 7.71. The van der Waals surface area contributed by atoms with E-state index in [-0.39, 0.29) is 0 Å². The second-order valence-electron chi connectivity index (χ2n) is 4.57. The van der Waals surface area contributed by atoms with Crippen molar-refractivity contribution in [3.05, 3.63) is 65.7 Å². The number of hydrogen-bond donors (Lipinski definition) is 1. The van der Waals surface area contributed by atoms with Crippen LogP contribution in [-0.4, -0.2) is 26.2 Å². The lowest BCUT2D eigenvalue weighted by Gasteiger charge is -2.17. The molecule has 2 aromatic rings. The third-order valence-electron chi connectivity index (χ3n) is 3.15. The van der Waals surface area contributed by atoms with Gasteiger partial charge in [0.15, 0.2) is 0 Å². The van der Waals surface area contributed by atoms with Crippen molar-refractivity contribution in [1.29, 1.82) is 0 Å². The van der Waals surface area contributed by atoms with Gasteiger partial charge in [-0.2, -0.15) is 0 Å². The Balaban J connectivity index is 2.20. The second-order valence-corrected chi connectivity index (χ2v) is 5.45. The van der Waals surface area contributed by atoms with Gasteiger partial charge in [-0.15, -0.1) is 0 Å². The van der Waals surface area contributed by atoms with E-state index in [9.17, 15) is 9.59 Å². The summed E-state index contributed by atoms with van der Waals surface area (Å²) >= 11 is 1.19. The van der Waals surface area contributed by atoms with Gasteiger partial charge in [0.25, 0.3) is 0 Å². The average Bonchev–Trinajstić information content (AvgIpc) is 2.62. The number of benzene rings is 2. The third-order valence-corrected chi connectivity index (χ3v) is 4.08. The normalized spacial score (nSPS) is 11.6. The largest absolute Gasteiger partial charge is 0.468 e. The van der Waals surface area contributed by atoms with Gasteiger partial charge in [-0.05, 0) is 29.6 Å². The van der Waals surface area contributed by atoms with E-state index < -0.39 is 18.0 Å². The van der Waals surface area contributed by atoms with Gasteiger partial charge in [-0.1, -0.05) is 42.5 Å². The van der Waals surface area contributed by atoms with E-state index in [1.165, 1.54) is 26.2 Å². The van der Waals surface area contributed by atoms with Crippen molar-refractivity contribution in [2.45, 2.75) is 10.9 Å². The van der Waals surface area contributed by atoms with Gasteiger partial charge >= 0.3 is 11.9 Å². The van der Waals surface area contributed by atoms with Crippen molar-refractivity contribution in [1.82, 2.24) is 4.72 Å². The first-order chi connectivity index (χ1) is 11.2. The molecule has 0 heterocycles. The molecule has 0 radical (unpaired) electrons. The topological polar surface area (TPSA) is 64.6 Å². The number of methoxy groups -OCH3 is 2. The van der Waals surface area contributed by atoms with Crippen LogP contribution < -0.4 is 4.72 Å². The Hall–Kier alpha value is -2.31. The summed E-state index contributed by atoms with van der Waals surface area (Å²) in [7, 11) is 2.67. The van der Waals surface area contributed by atoms with Gasteiger partial charge < -0.3 is 9.47 Å². The Morgan fingerprint density at radius 1 is 0.957 bits per heavy atom. The highest BCUT2D eigenvalue weighted by Crippen LogP contribution is 2.25. The maximum Gasteiger partial charge on any atom is 0.339 e. The van der Waals surface area contributed by atoms with Gasteiger partial charge in [0, 0.05) is 4.90 Å². The lowest BCUT2D eigenvalue weighted by atomic mass is 10.1. The SMILES string of the molecule is COC(=O)c1ccccc1SN[C@H](C(=O)OC)c1ccccc1. The Bertz CT molecular complexity index is 675. The van der Waals surface area contributed by atoms with Crippen LogP contribution in [0, 0.1) is 0 Å². The van der Waals surface area contributed by atoms with E-state index in [2.05, 4.69) is 4.72 Å². The molecule has 5 nitrogen and oxygen atoms in total. The molecule has 2 aromatic carbocycles. The summed E-state index contributed by atoms with van der Waals surface area (Å²) in [6, 6.07) is 15.6. The minimum absolute atomic E-state index is 0.403. The van der Waals surface area contributed by atoms with Gasteiger partial charge in [-0.25, -0.2) is 14.3 Å². The van der Waals surface area contributed by atoms with Crippen molar-refractivity contribution < 1.29 is 19.1 Å². The Kier molecular flexibility index (Phi) is 6.19. The van der Waals surface area contributed by atoms with E-state index in [0.29, 0.717) is 10.5 Å². The maximum atomic E-state index is 12.0. The van der Waals surface area contributed by atoms with Crippen molar-refractivity contribution in [3.63, 3.8) is 0 Å². The van der Waals surface area contributed by atoms with E-state index in [4.69, 9.17) is 9.47 Å². The van der Waals surface area contributed by atoms with Gasteiger partial charge in [0.2, 0.25) is 0 Å². The van der Waals surface area contributed by atoms with Crippen LogP contribution in [-0.2, 0) is 14.3 Å². The summed E-state index contributed by atoms with van der Waals surface area (Å²) in [5, 5.41) is 0. The van der Waals surface area contributed by atoms with E-state index in [0.717, 1.165) is 5.56 Å². The predicted octanol–water partition coefficient (Wildman–Crippen LogP) is 2.98. The fraction of sp³-hybridized carbons (Fsp3) is 0.176. The molecule has 0 saturated carbocycles. The first kappa shape index (κ1) is 17.1. The number of ether oxygens (including phenoxy) is 2. The summed E-state index contributed by atoms with van der Waals surface area (Å²) in [5.74, 6) is -0.830. The van der Waals surface area contributed by atoms with Crippen LogP contribution in [0.1, 0.15) is 22.0 Å². The molecule has 0 aliphatic rings. The summed E-state index contributed by atoms with van der Waals surface area (Å²) in [5.41, 5.74) is 1.21. The van der Waals surface area contributed by atoms with Crippen molar-refractivity contribution >= 4 is 23.9 Å². The zero-order chi connectivity index (χ0) is 16.7. The molecular formula is C17H17NO4S. The Morgan fingerprint density at radius 3 is 2.26 bits per heavy atom. The van der Waals surface area contributed by atoms with Crippen LogP contribution in [0.25, 0.3) is 0 Å². The lowest BCUT2D eigenvalue weighted by molar-refractivity contribution is -0.142. The highest BCUT2D eigenvalue weighted by molar-refractivity contribution is 7.97. The molecule has 23 heavy (non-hydrogen) atoms. The summed E-state index contributed by atoms with van der Waals surface area (Å²) in [4.78, 5) is 24.5. The minimum atomic E-state index is -0.642. The molecule has 0 unspecified atom stereocenters. The number of nitrogens with one attached hydrogen (secondary N) is 1. The third kappa shape index (κ3) is 4.34.